The van der Waals surface area contributed by atoms with Gasteiger partial charge >= 0.3 is 6.09 Å². The molecular weight excluding hydrogens is 366 g/mol. The van der Waals surface area contributed by atoms with E-state index in [1.165, 1.54) is 0 Å². The summed E-state index contributed by atoms with van der Waals surface area (Å²) in [5.74, 6) is -0.349. The van der Waals surface area contributed by atoms with Gasteiger partial charge in [0, 0.05) is 13.0 Å². The van der Waals surface area contributed by atoms with Crippen molar-refractivity contribution in [1.29, 1.82) is 5.26 Å². The average molecular weight is 393 g/mol. The Labute approximate surface area is 171 Å². The Morgan fingerprint density at radius 2 is 1.66 bits per heavy atom. The molecule has 6 nitrogen and oxygen atoms in total. The minimum Gasteiger partial charge on any atom is -0.444 e. The fourth-order valence-electron chi connectivity index (χ4n) is 2.72. The largest absolute Gasteiger partial charge is 0.444 e. The van der Waals surface area contributed by atoms with Gasteiger partial charge in [0.15, 0.2) is 0 Å². The molecule has 1 atom stereocenters. The summed E-state index contributed by atoms with van der Waals surface area (Å²) in [5, 5.41) is 14.0. The van der Waals surface area contributed by atoms with Crippen LogP contribution in [0.25, 0.3) is 11.1 Å². The van der Waals surface area contributed by atoms with E-state index in [0.717, 1.165) is 16.7 Å². The van der Waals surface area contributed by atoms with Crippen LogP contribution in [0.1, 0.15) is 32.8 Å². The molecule has 2 rings (SSSR count). The van der Waals surface area contributed by atoms with Crippen LogP contribution < -0.4 is 10.6 Å². The van der Waals surface area contributed by atoms with Crippen molar-refractivity contribution in [2.75, 3.05) is 6.54 Å². The maximum absolute atomic E-state index is 12.5. The summed E-state index contributed by atoms with van der Waals surface area (Å²) in [6.07, 6.45) is -0.137. The lowest BCUT2D eigenvalue weighted by molar-refractivity contribution is -0.123. The Hall–Kier alpha value is -3.33. The van der Waals surface area contributed by atoms with Crippen LogP contribution in [0.5, 0.6) is 0 Å². The first-order chi connectivity index (χ1) is 13.8. The highest BCUT2D eigenvalue weighted by Gasteiger charge is 2.24. The number of carbonyl (C=O) groups is 2. The van der Waals surface area contributed by atoms with E-state index >= 15 is 0 Å². The number of ether oxygens (including phenoxy) is 1. The van der Waals surface area contributed by atoms with Gasteiger partial charge in [0.1, 0.15) is 11.6 Å². The molecule has 0 heterocycles. The number of nitriles is 1. The van der Waals surface area contributed by atoms with E-state index in [9.17, 15) is 9.59 Å². The van der Waals surface area contributed by atoms with Crippen molar-refractivity contribution in [2.24, 2.45) is 0 Å². The van der Waals surface area contributed by atoms with Crippen molar-refractivity contribution < 1.29 is 14.3 Å². The van der Waals surface area contributed by atoms with Crippen LogP contribution in [-0.4, -0.2) is 30.2 Å². The molecule has 6 heteroatoms. The van der Waals surface area contributed by atoms with Crippen LogP contribution in [0, 0.1) is 11.3 Å². The third-order valence-electron chi connectivity index (χ3n) is 4.04. The predicted molar refractivity (Wildman–Crippen MR) is 112 cm³/mol. The number of rotatable bonds is 7. The molecule has 2 amide bonds. The molecule has 2 aromatic carbocycles. The van der Waals surface area contributed by atoms with Gasteiger partial charge in [-0.1, -0.05) is 54.6 Å². The SMILES string of the molecule is CC(C)(C)OC(=O)N[C@@H](Cc1ccc(-c2ccccc2)cc1)C(=O)NCCC#N. The number of amides is 2. The first kappa shape index (κ1) is 22.0. The van der Waals surface area contributed by atoms with Crippen LogP contribution in [0.4, 0.5) is 4.79 Å². The molecule has 0 unspecified atom stereocenters. The molecule has 0 saturated carbocycles. The molecule has 0 aliphatic rings. The lowest BCUT2D eigenvalue weighted by Crippen LogP contribution is -2.49. The van der Waals surface area contributed by atoms with Crippen LogP contribution in [0.3, 0.4) is 0 Å². The quantitative estimate of drug-likeness (QED) is 0.700. The van der Waals surface area contributed by atoms with Gasteiger partial charge in [0.05, 0.1) is 12.5 Å². The number of carbonyl (C=O) groups excluding carboxylic acids is 2. The molecule has 152 valence electrons. The zero-order chi connectivity index (χ0) is 21.3. The third kappa shape index (κ3) is 7.67. The maximum Gasteiger partial charge on any atom is 0.408 e. The van der Waals surface area contributed by atoms with Gasteiger partial charge in [-0.15, -0.1) is 0 Å². The van der Waals surface area contributed by atoms with Crippen LogP contribution in [0.2, 0.25) is 0 Å². The minimum absolute atomic E-state index is 0.205. The first-order valence-electron chi connectivity index (χ1n) is 9.57. The Morgan fingerprint density at radius 1 is 1.03 bits per heavy atom. The van der Waals surface area contributed by atoms with Crippen LogP contribution >= 0.6 is 0 Å². The second-order valence-corrected chi connectivity index (χ2v) is 7.67. The van der Waals surface area contributed by atoms with Crippen LogP contribution in [0.15, 0.2) is 54.6 Å². The van der Waals surface area contributed by atoms with Crippen molar-refractivity contribution in [2.45, 2.75) is 45.3 Å². The van der Waals surface area contributed by atoms with Gasteiger partial charge in [-0.05, 0) is 37.5 Å². The van der Waals surface area contributed by atoms with Gasteiger partial charge in [-0.2, -0.15) is 5.26 Å². The maximum atomic E-state index is 12.5. The summed E-state index contributed by atoms with van der Waals surface area (Å²) < 4.78 is 5.28. The minimum atomic E-state index is -0.800. The zero-order valence-electron chi connectivity index (χ0n) is 17.1. The van der Waals surface area contributed by atoms with E-state index < -0.39 is 17.7 Å². The standard InChI is InChI=1S/C23H27N3O3/c1-23(2,3)29-22(28)26-20(21(27)25-15-7-14-24)16-17-10-12-19(13-11-17)18-8-5-4-6-9-18/h4-6,8-13,20H,7,15-16H2,1-3H3,(H,25,27)(H,26,28)/t20-/m0/s1. The van der Waals surface area contributed by atoms with Crippen molar-refractivity contribution in [1.82, 2.24) is 10.6 Å². The molecule has 0 radical (unpaired) electrons. The van der Waals surface area contributed by atoms with Crippen molar-refractivity contribution in [3.05, 3.63) is 60.2 Å². The van der Waals surface area contributed by atoms with Crippen molar-refractivity contribution in [3.63, 3.8) is 0 Å². The fraction of sp³-hybridized carbons (Fsp3) is 0.348. The van der Waals surface area contributed by atoms with E-state index in [1.54, 1.807) is 20.8 Å². The highest BCUT2D eigenvalue weighted by molar-refractivity contribution is 5.86. The fourth-order valence-corrected chi connectivity index (χ4v) is 2.72. The number of alkyl carbamates (subject to hydrolysis) is 1. The molecule has 0 bridgehead atoms. The van der Waals surface area contributed by atoms with E-state index in [4.69, 9.17) is 10.00 Å². The third-order valence-corrected chi connectivity index (χ3v) is 4.04. The van der Waals surface area contributed by atoms with E-state index in [-0.39, 0.29) is 18.9 Å². The summed E-state index contributed by atoms with van der Waals surface area (Å²) in [6.45, 7) is 5.51. The second-order valence-electron chi connectivity index (χ2n) is 7.67. The summed E-state index contributed by atoms with van der Waals surface area (Å²) in [7, 11) is 0. The van der Waals surface area contributed by atoms with Crippen molar-refractivity contribution in [3.8, 4) is 17.2 Å². The summed E-state index contributed by atoms with van der Waals surface area (Å²) in [6, 6.07) is 19.0. The monoisotopic (exact) mass is 393 g/mol. The Kier molecular flexibility index (Phi) is 7.79. The lowest BCUT2D eigenvalue weighted by atomic mass is 10.0. The normalized spacial score (nSPS) is 11.8. The molecule has 2 aromatic rings. The molecule has 0 aliphatic heterocycles. The summed E-state index contributed by atoms with van der Waals surface area (Å²) in [5.41, 5.74) is 2.42. The lowest BCUT2D eigenvalue weighted by Gasteiger charge is -2.23. The van der Waals surface area contributed by atoms with E-state index in [2.05, 4.69) is 10.6 Å². The highest BCUT2D eigenvalue weighted by Crippen LogP contribution is 2.20. The number of hydrogen-bond acceptors (Lipinski definition) is 4. The molecule has 2 N–H and O–H groups in total. The van der Waals surface area contributed by atoms with Crippen molar-refractivity contribution >= 4 is 12.0 Å². The smallest absolute Gasteiger partial charge is 0.408 e. The Bertz CT molecular complexity index is 850. The average Bonchev–Trinajstić information content (AvgIpc) is 2.67. The predicted octanol–water partition coefficient (Wildman–Crippen LogP) is 3.82. The molecule has 0 spiro atoms. The number of benzene rings is 2. The Balaban J connectivity index is 2.10. The summed E-state index contributed by atoms with van der Waals surface area (Å²) >= 11 is 0. The number of nitrogens with one attached hydrogen (secondary N) is 2. The molecule has 29 heavy (non-hydrogen) atoms. The molecule has 0 fully saturated rings. The van der Waals surface area contributed by atoms with Gasteiger partial charge in [-0.3, -0.25) is 4.79 Å². The van der Waals surface area contributed by atoms with Gasteiger partial charge in [-0.25, -0.2) is 4.79 Å². The van der Waals surface area contributed by atoms with E-state index in [0.29, 0.717) is 6.42 Å². The number of hydrogen-bond donors (Lipinski definition) is 2. The first-order valence-corrected chi connectivity index (χ1v) is 9.57. The zero-order valence-corrected chi connectivity index (χ0v) is 17.1. The van der Waals surface area contributed by atoms with Gasteiger partial charge < -0.3 is 15.4 Å². The molecular formula is C23H27N3O3. The topological polar surface area (TPSA) is 91.2 Å². The second kappa shape index (κ2) is 10.3. The number of nitrogens with zero attached hydrogens (tertiary/aromatic N) is 1. The van der Waals surface area contributed by atoms with Gasteiger partial charge in [0.25, 0.3) is 0 Å². The summed E-state index contributed by atoms with van der Waals surface area (Å²) in [4.78, 5) is 24.7. The molecule has 0 aromatic heterocycles. The Morgan fingerprint density at radius 3 is 2.24 bits per heavy atom. The van der Waals surface area contributed by atoms with E-state index in [1.807, 2.05) is 60.7 Å². The molecule has 0 aliphatic carbocycles. The molecule has 0 saturated heterocycles. The van der Waals surface area contributed by atoms with Gasteiger partial charge in [0.2, 0.25) is 5.91 Å². The van der Waals surface area contributed by atoms with Crippen LogP contribution in [-0.2, 0) is 16.0 Å². The highest BCUT2D eigenvalue weighted by atomic mass is 16.6.